The summed E-state index contributed by atoms with van der Waals surface area (Å²) < 4.78 is 0. The number of aryl methyl sites for hydroxylation is 1. The van der Waals surface area contributed by atoms with E-state index >= 15 is 0 Å². The summed E-state index contributed by atoms with van der Waals surface area (Å²) in [5.41, 5.74) is 5.14. The highest BCUT2D eigenvalue weighted by Crippen LogP contribution is 2.60. The molecule has 108 valence electrons. The first-order valence-corrected chi connectivity index (χ1v) is 7.92. The van der Waals surface area contributed by atoms with Gasteiger partial charge in [0.2, 0.25) is 0 Å². The molecule has 0 aromatic carbocycles. The van der Waals surface area contributed by atoms with Crippen molar-refractivity contribution in [3.05, 3.63) is 17.1 Å². The third-order valence-corrected chi connectivity index (χ3v) is 6.04. The summed E-state index contributed by atoms with van der Waals surface area (Å²) in [7, 11) is 0. The molecule has 0 aliphatic heterocycles. The van der Waals surface area contributed by atoms with Gasteiger partial charge in [-0.05, 0) is 70.1 Å². The lowest BCUT2D eigenvalue weighted by atomic mass is 9.49. The Morgan fingerprint density at radius 3 is 2.05 bits per heavy atom. The summed E-state index contributed by atoms with van der Waals surface area (Å²) >= 11 is 0. The Morgan fingerprint density at radius 2 is 1.55 bits per heavy atom. The molecule has 3 N–H and O–H groups in total. The van der Waals surface area contributed by atoms with Gasteiger partial charge in [0.05, 0.1) is 0 Å². The van der Waals surface area contributed by atoms with Crippen molar-refractivity contribution in [2.75, 3.05) is 5.43 Å². The van der Waals surface area contributed by atoms with Crippen LogP contribution in [0, 0.1) is 31.6 Å². The van der Waals surface area contributed by atoms with Gasteiger partial charge in [-0.3, -0.25) is 0 Å². The molecule has 0 amide bonds. The molecule has 5 rings (SSSR count). The van der Waals surface area contributed by atoms with E-state index in [0.29, 0.717) is 0 Å². The summed E-state index contributed by atoms with van der Waals surface area (Å²) in [6.45, 7) is 4.11. The Labute approximate surface area is 120 Å². The van der Waals surface area contributed by atoms with Gasteiger partial charge in [-0.1, -0.05) is 0 Å². The first kappa shape index (κ1) is 12.6. The van der Waals surface area contributed by atoms with Gasteiger partial charge in [0.25, 0.3) is 0 Å². The molecule has 1 aromatic rings. The van der Waals surface area contributed by atoms with Crippen LogP contribution >= 0.6 is 0 Å². The molecular weight excluding hydrogens is 248 g/mol. The van der Waals surface area contributed by atoms with E-state index < -0.39 is 0 Å². The van der Waals surface area contributed by atoms with Gasteiger partial charge >= 0.3 is 0 Å². The van der Waals surface area contributed by atoms with E-state index in [1.54, 1.807) is 0 Å². The van der Waals surface area contributed by atoms with Crippen molar-refractivity contribution >= 4 is 5.82 Å². The normalized spacial score (nSPS) is 38.2. The quantitative estimate of drug-likeness (QED) is 0.642. The van der Waals surface area contributed by atoms with Gasteiger partial charge in [0.15, 0.2) is 0 Å². The number of hydrazine groups is 1. The van der Waals surface area contributed by atoms with Crippen LogP contribution in [0.3, 0.4) is 0 Å². The zero-order valence-electron chi connectivity index (χ0n) is 12.4. The summed E-state index contributed by atoms with van der Waals surface area (Å²) in [5.74, 6) is 10.3. The number of nitrogens with one attached hydrogen (secondary N) is 1. The SMILES string of the molecule is Cc1nc(C23CC4CC(CC(C4)C2)C3)nc(NN)c1C. The molecule has 4 aliphatic carbocycles. The highest BCUT2D eigenvalue weighted by molar-refractivity contribution is 5.45. The lowest BCUT2D eigenvalue weighted by molar-refractivity contribution is -0.00941. The predicted octanol–water partition coefficient (Wildman–Crippen LogP) is 2.85. The Bertz CT molecular complexity index is 516. The topological polar surface area (TPSA) is 63.8 Å². The van der Waals surface area contributed by atoms with Gasteiger partial charge in [-0.25, -0.2) is 15.8 Å². The molecular formula is C16H24N4. The Balaban J connectivity index is 1.79. The van der Waals surface area contributed by atoms with Crippen molar-refractivity contribution in [1.29, 1.82) is 0 Å². The highest BCUT2D eigenvalue weighted by Gasteiger charge is 2.53. The average Bonchev–Trinajstić information content (AvgIpc) is 2.40. The van der Waals surface area contributed by atoms with Crippen LogP contribution in [-0.2, 0) is 5.41 Å². The fraction of sp³-hybridized carbons (Fsp3) is 0.750. The molecule has 1 aromatic heterocycles. The van der Waals surface area contributed by atoms with E-state index in [1.165, 1.54) is 38.5 Å². The van der Waals surface area contributed by atoms with E-state index in [4.69, 9.17) is 15.8 Å². The fourth-order valence-electron chi connectivity index (χ4n) is 5.39. The van der Waals surface area contributed by atoms with E-state index in [-0.39, 0.29) is 5.41 Å². The van der Waals surface area contributed by atoms with Crippen LogP contribution in [0.4, 0.5) is 5.82 Å². The van der Waals surface area contributed by atoms with Gasteiger partial charge in [0, 0.05) is 16.7 Å². The van der Waals surface area contributed by atoms with Crippen molar-refractivity contribution in [1.82, 2.24) is 9.97 Å². The van der Waals surface area contributed by atoms with Gasteiger partial charge in [0.1, 0.15) is 11.6 Å². The zero-order chi connectivity index (χ0) is 13.9. The standard InChI is InChI=1S/C16H24N4/c1-9-10(2)18-15(19-14(9)20-17)16-6-11-3-12(7-16)5-13(4-11)8-16/h11-13H,3-8,17H2,1-2H3,(H,18,19,20). The third kappa shape index (κ3) is 1.70. The number of aromatic nitrogens is 2. The third-order valence-electron chi connectivity index (χ3n) is 6.04. The van der Waals surface area contributed by atoms with Crippen LogP contribution in [-0.4, -0.2) is 9.97 Å². The van der Waals surface area contributed by atoms with E-state index in [0.717, 1.165) is 40.7 Å². The van der Waals surface area contributed by atoms with Crippen molar-refractivity contribution in [3.8, 4) is 0 Å². The minimum Gasteiger partial charge on any atom is -0.308 e. The summed E-state index contributed by atoms with van der Waals surface area (Å²) in [4.78, 5) is 9.66. The molecule has 0 atom stereocenters. The number of hydrogen-bond donors (Lipinski definition) is 2. The van der Waals surface area contributed by atoms with Crippen molar-refractivity contribution in [2.24, 2.45) is 23.6 Å². The smallest absolute Gasteiger partial charge is 0.146 e. The number of hydrogen-bond acceptors (Lipinski definition) is 4. The molecule has 0 saturated heterocycles. The van der Waals surface area contributed by atoms with Gasteiger partial charge in [-0.2, -0.15) is 0 Å². The van der Waals surface area contributed by atoms with Crippen LogP contribution in [0.25, 0.3) is 0 Å². The van der Waals surface area contributed by atoms with Crippen molar-refractivity contribution in [2.45, 2.75) is 57.8 Å². The largest absolute Gasteiger partial charge is 0.308 e. The second kappa shape index (κ2) is 4.17. The molecule has 0 unspecified atom stereocenters. The lowest BCUT2D eigenvalue weighted by Gasteiger charge is -2.56. The monoisotopic (exact) mass is 272 g/mol. The summed E-state index contributed by atoms with van der Waals surface area (Å²) in [6, 6.07) is 0. The number of nitrogens with two attached hydrogens (primary N) is 1. The lowest BCUT2D eigenvalue weighted by Crippen LogP contribution is -2.49. The first-order chi connectivity index (χ1) is 9.59. The zero-order valence-corrected chi connectivity index (χ0v) is 12.4. The minimum absolute atomic E-state index is 0.249. The molecule has 4 aliphatic rings. The minimum atomic E-state index is 0.249. The first-order valence-electron chi connectivity index (χ1n) is 7.92. The predicted molar refractivity (Wildman–Crippen MR) is 79.2 cm³/mol. The second-order valence-electron chi connectivity index (χ2n) is 7.45. The van der Waals surface area contributed by atoms with Gasteiger partial charge < -0.3 is 5.43 Å². The number of nitrogens with zero attached hydrogens (tertiary/aromatic N) is 2. The maximum absolute atomic E-state index is 5.64. The summed E-state index contributed by atoms with van der Waals surface area (Å²) in [5, 5.41) is 0. The van der Waals surface area contributed by atoms with Crippen molar-refractivity contribution in [3.63, 3.8) is 0 Å². The Morgan fingerprint density at radius 1 is 1.00 bits per heavy atom. The Hall–Kier alpha value is -1.16. The molecule has 1 heterocycles. The molecule has 20 heavy (non-hydrogen) atoms. The number of nitrogen functional groups attached to an aromatic ring is 1. The van der Waals surface area contributed by atoms with Crippen LogP contribution in [0.5, 0.6) is 0 Å². The maximum atomic E-state index is 5.64. The Kier molecular flexibility index (Phi) is 2.62. The molecule has 4 heteroatoms. The molecule has 0 radical (unpaired) electrons. The fourth-order valence-corrected chi connectivity index (χ4v) is 5.39. The van der Waals surface area contributed by atoms with Crippen LogP contribution < -0.4 is 11.3 Å². The van der Waals surface area contributed by atoms with Gasteiger partial charge in [-0.15, -0.1) is 0 Å². The molecule has 4 fully saturated rings. The van der Waals surface area contributed by atoms with E-state index in [9.17, 15) is 0 Å². The highest BCUT2D eigenvalue weighted by atomic mass is 15.3. The van der Waals surface area contributed by atoms with E-state index in [2.05, 4.69) is 12.3 Å². The van der Waals surface area contributed by atoms with Crippen molar-refractivity contribution < 1.29 is 0 Å². The van der Waals surface area contributed by atoms with Crippen LogP contribution in [0.2, 0.25) is 0 Å². The second-order valence-corrected chi connectivity index (χ2v) is 7.45. The number of rotatable bonds is 2. The van der Waals surface area contributed by atoms with E-state index in [1.807, 2.05) is 6.92 Å². The maximum Gasteiger partial charge on any atom is 0.146 e. The molecule has 4 bridgehead atoms. The van der Waals surface area contributed by atoms with Crippen LogP contribution in [0.1, 0.15) is 55.6 Å². The van der Waals surface area contributed by atoms with Crippen LogP contribution in [0.15, 0.2) is 0 Å². The molecule has 4 nitrogen and oxygen atoms in total. The molecule has 4 saturated carbocycles. The number of anilines is 1. The molecule has 0 spiro atoms. The average molecular weight is 272 g/mol. The summed E-state index contributed by atoms with van der Waals surface area (Å²) in [6.07, 6.45) is 8.24.